The van der Waals surface area contributed by atoms with Gasteiger partial charge in [0.15, 0.2) is 5.78 Å². The lowest BCUT2D eigenvalue weighted by Crippen LogP contribution is -2.05. The summed E-state index contributed by atoms with van der Waals surface area (Å²) in [6.07, 6.45) is 0.644. The summed E-state index contributed by atoms with van der Waals surface area (Å²) >= 11 is 6.38. The number of aryl methyl sites for hydroxylation is 2. The van der Waals surface area contributed by atoms with Crippen LogP contribution in [0, 0.1) is 19.7 Å². The summed E-state index contributed by atoms with van der Waals surface area (Å²) < 4.78 is 13.2. The van der Waals surface area contributed by atoms with E-state index in [1.54, 1.807) is 12.1 Å². The van der Waals surface area contributed by atoms with Crippen molar-refractivity contribution in [2.24, 2.45) is 0 Å². The fraction of sp³-hybridized carbons (Fsp3) is 0.136. The molecule has 0 bridgehead atoms. The Hall–Kier alpha value is -2.45. The average molecular weight is 353 g/mol. The van der Waals surface area contributed by atoms with E-state index >= 15 is 0 Å². The van der Waals surface area contributed by atoms with Crippen LogP contribution in [0.4, 0.5) is 4.39 Å². The minimum atomic E-state index is -0.238. The van der Waals surface area contributed by atoms with Crippen LogP contribution in [-0.2, 0) is 6.42 Å². The van der Waals surface area contributed by atoms with Gasteiger partial charge in [-0.2, -0.15) is 0 Å². The summed E-state index contributed by atoms with van der Waals surface area (Å²) in [6, 6.07) is 17.7. The molecule has 0 aliphatic heterocycles. The first-order chi connectivity index (χ1) is 12.0. The van der Waals surface area contributed by atoms with Gasteiger partial charge < -0.3 is 0 Å². The summed E-state index contributed by atoms with van der Waals surface area (Å²) in [5, 5.41) is 0.436. The molecule has 0 saturated heterocycles. The Morgan fingerprint density at radius 2 is 1.68 bits per heavy atom. The first kappa shape index (κ1) is 17.4. The highest BCUT2D eigenvalue weighted by atomic mass is 35.5. The molecule has 0 spiro atoms. The molecule has 1 nitrogen and oxygen atoms in total. The van der Waals surface area contributed by atoms with Gasteiger partial charge in [-0.25, -0.2) is 4.39 Å². The van der Waals surface area contributed by atoms with Crippen molar-refractivity contribution in [1.82, 2.24) is 0 Å². The van der Waals surface area contributed by atoms with Crippen LogP contribution in [0.15, 0.2) is 60.7 Å². The van der Waals surface area contributed by atoms with Crippen LogP contribution in [0.1, 0.15) is 38.2 Å². The molecule has 25 heavy (non-hydrogen) atoms. The highest BCUT2D eigenvalue weighted by Gasteiger charge is 2.15. The van der Waals surface area contributed by atoms with Crippen molar-refractivity contribution >= 4 is 17.4 Å². The molecule has 0 atom stereocenters. The fourth-order valence-electron chi connectivity index (χ4n) is 2.90. The molecule has 3 rings (SSSR count). The fourth-order valence-corrected chi connectivity index (χ4v) is 3.19. The molecule has 0 amide bonds. The number of rotatable bonds is 4. The van der Waals surface area contributed by atoms with E-state index in [1.165, 1.54) is 12.1 Å². The SMILES string of the molecule is Cc1cc(F)ccc1Cc1ccc(C(=O)c2ccccc2C)c(Cl)c1. The standard InChI is InChI=1S/C22H18ClFO/c1-14-5-3-4-6-19(14)22(25)20-10-7-16(13-21(20)23)12-17-8-9-18(24)11-15(17)2/h3-11,13H,12H2,1-2H3. The van der Waals surface area contributed by atoms with Crippen molar-refractivity contribution in [2.45, 2.75) is 20.3 Å². The maximum Gasteiger partial charge on any atom is 0.194 e. The number of carbonyl (C=O) groups excluding carboxylic acids is 1. The molecule has 126 valence electrons. The molecule has 0 saturated carbocycles. The van der Waals surface area contributed by atoms with Crippen LogP contribution in [0.5, 0.6) is 0 Å². The van der Waals surface area contributed by atoms with Crippen LogP contribution < -0.4 is 0 Å². The van der Waals surface area contributed by atoms with Gasteiger partial charge in [0, 0.05) is 11.1 Å². The Morgan fingerprint density at radius 1 is 0.920 bits per heavy atom. The molecule has 0 radical (unpaired) electrons. The molecule has 0 fully saturated rings. The topological polar surface area (TPSA) is 17.1 Å². The molecule has 0 heterocycles. The zero-order valence-electron chi connectivity index (χ0n) is 14.1. The van der Waals surface area contributed by atoms with Crippen LogP contribution in [0.3, 0.4) is 0 Å². The number of carbonyl (C=O) groups is 1. The van der Waals surface area contributed by atoms with Crippen molar-refractivity contribution in [2.75, 3.05) is 0 Å². The van der Waals surface area contributed by atoms with Gasteiger partial charge in [0.2, 0.25) is 0 Å². The Morgan fingerprint density at radius 3 is 2.36 bits per heavy atom. The number of hydrogen-bond acceptors (Lipinski definition) is 1. The average Bonchev–Trinajstić information content (AvgIpc) is 2.57. The molecule has 0 N–H and O–H groups in total. The first-order valence-electron chi connectivity index (χ1n) is 8.09. The zero-order valence-corrected chi connectivity index (χ0v) is 14.9. The molecule has 0 aromatic heterocycles. The van der Waals surface area contributed by atoms with Crippen LogP contribution in [0.25, 0.3) is 0 Å². The minimum absolute atomic E-state index is 0.0763. The third-order valence-electron chi connectivity index (χ3n) is 4.37. The second kappa shape index (κ2) is 7.20. The van der Waals surface area contributed by atoms with E-state index in [1.807, 2.05) is 50.2 Å². The number of hydrogen-bond donors (Lipinski definition) is 0. The van der Waals surface area contributed by atoms with E-state index in [-0.39, 0.29) is 11.6 Å². The maximum atomic E-state index is 13.2. The normalized spacial score (nSPS) is 10.7. The number of ketones is 1. The van der Waals surface area contributed by atoms with Gasteiger partial charge in [0.05, 0.1) is 5.02 Å². The van der Waals surface area contributed by atoms with Crippen molar-refractivity contribution in [3.63, 3.8) is 0 Å². The molecular formula is C22H18ClFO. The molecule has 3 heteroatoms. The Balaban J connectivity index is 1.88. The third-order valence-corrected chi connectivity index (χ3v) is 4.68. The van der Waals surface area contributed by atoms with E-state index in [9.17, 15) is 9.18 Å². The van der Waals surface area contributed by atoms with Crippen molar-refractivity contribution in [1.29, 1.82) is 0 Å². The summed E-state index contributed by atoms with van der Waals surface area (Å²) in [6.45, 7) is 3.79. The van der Waals surface area contributed by atoms with Crippen molar-refractivity contribution < 1.29 is 9.18 Å². The first-order valence-corrected chi connectivity index (χ1v) is 8.47. The highest BCUT2D eigenvalue weighted by Crippen LogP contribution is 2.24. The molecular weight excluding hydrogens is 335 g/mol. The number of benzene rings is 3. The summed E-state index contributed by atoms with van der Waals surface area (Å²) in [5.74, 6) is -0.314. The van der Waals surface area contributed by atoms with Gasteiger partial charge >= 0.3 is 0 Å². The summed E-state index contributed by atoms with van der Waals surface area (Å²) in [4.78, 5) is 12.7. The van der Waals surface area contributed by atoms with Crippen LogP contribution in [-0.4, -0.2) is 5.78 Å². The maximum absolute atomic E-state index is 13.2. The van der Waals surface area contributed by atoms with Crippen LogP contribution >= 0.6 is 11.6 Å². The summed E-state index contributed by atoms with van der Waals surface area (Å²) in [5.41, 5.74) is 5.00. The van der Waals surface area contributed by atoms with Crippen molar-refractivity contribution in [3.05, 3.63) is 105 Å². The summed E-state index contributed by atoms with van der Waals surface area (Å²) in [7, 11) is 0. The van der Waals surface area contributed by atoms with Gasteiger partial charge in [-0.3, -0.25) is 4.79 Å². The van der Waals surface area contributed by atoms with E-state index in [4.69, 9.17) is 11.6 Å². The van der Waals surface area contributed by atoms with Gasteiger partial charge in [-0.05, 0) is 66.8 Å². The highest BCUT2D eigenvalue weighted by molar-refractivity contribution is 6.35. The van der Waals surface area contributed by atoms with Gasteiger partial charge in [0.1, 0.15) is 5.82 Å². The third kappa shape index (κ3) is 3.80. The zero-order chi connectivity index (χ0) is 18.0. The van der Waals surface area contributed by atoms with Gasteiger partial charge in [-0.15, -0.1) is 0 Å². The minimum Gasteiger partial charge on any atom is -0.289 e. The molecule has 0 aliphatic carbocycles. The monoisotopic (exact) mass is 352 g/mol. The Labute approximate surface area is 152 Å². The van der Waals surface area contributed by atoms with Crippen LogP contribution in [0.2, 0.25) is 5.02 Å². The Kier molecular flexibility index (Phi) is 5.00. The van der Waals surface area contributed by atoms with E-state index in [0.29, 0.717) is 22.6 Å². The predicted octanol–water partition coefficient (Wildman–Crippen LogP) is 5.92. The smallest absolute Gasteiger partial charge is 0.194 e. The lowest BCUT2D eigenvalue weighted by molar-refractivity contribution is 0.103. The quantitative estimate of drug-likeness (QED) is 0.533. The lowest BCUT2D eigenvalue weighted by Gasteiger charge is -2.10. The Bertz CT molecular complexity index is 947. The second-order valence-electron chi connectivity index (χ2n) is 6.21. The van der Waals surface area contributed by atoms with Gasteiger partial charge in [0.25, 0.3) is 0 Å². The van der Waals surface area contributed by atoms with Gasteiger partial charge in [-0.1, -0.05) is 48.0 Å². The number of halogens is 2. The largest absolute Gasteiger partial charge is 0.289 e. The lowest BCUT2D eigenvalue weighted by atomic mass is 9.96. The molecule has 3 aromatic carbocycles. The second-order valence-corrected chi connectivity index (χ2v) is 6.61. The molecule has 0 unspecified atom stereocenters. The van der Waals surface area contributed by atoms with Crippen molar-refractivity contribution in [3.8, 4) is 0 Å². The van der Waals surface area contributed by atoms with E-state index in [2.05, 4.69) is 0 Å². The predicted molar refractivity (Wildman–Crippen MR) is 100 cm³/mol. The molecule has 0 aliphatic rings. The van der Waals surface area contributed by atoms with E-state index in [0.717, 1.165) is 22.3 Å². The van der Waals surface area contributed by atoms with E-state index < -0.39 is 0 Å². The molecule has 3 aromatic rings.